The van der Waals surface area contributed by atoms with Crippen LogP contribution in [0.4, 0.5) is 4.39 Å². The number of hydrogen-bond acceptors (Lipinski definition) is 7. The molecule has 3 saturated heterocycles. The molecule has 240 valence electrons. The topological polar surface area (TPSA) is 96.0 Å². The van der Waals surface area contributed by atoms with Gasteiger partial charge < -0.3 is 14.5 Å². The number of hydrogen-bond donors (Lipinski definition) is 0. The van der Waals surface area contributed by atoms with Crippen molar-refractivity contribution in [3.63, 3.8) is 0 Å². The zero-order valence-electron chi connectivity index (χ0n) is 26.2. The van der Waals surface area contributed by atoms with Crippen LogP contribution in [0.2, 0.25) is 5.02 Å². The van der Waals surface area contributed by atoms with E-state index in [9.17, 15) is 15.3 Å². The highest BCUT2D eigenvalue weighted by atomic mass is 35.5. The van der Waals surface area contributed by atoms with E-state index in [1.165, 1.54) is 6.08 Å². The van der Waals surface area contributed by atoms with Crippen molar-refractivity contribution in [3.05, 3.63) is 88.9 Å². The number of aliphatic imine (C=N–C) groups is 1. The van der Waals surface area contributed by atoms with Crippen LogP contribution < -0.4 is 0 Å². The highest BCUT2D eigenvalue weighted by molar-refractivity contribution is 6.36. The van der Waals surface area contributed by atoms with E-state index >= 15 is 4.39 Å². The van der Waals surface area contributed by atoms with E-state index in [0.29, 0.717) is 48.1 Å². The van der Waals surface area contributed by atoms with Crippen molar-refractivity contribution < 1.29 is 13.9 Å². The first-order valence-electron chi connectivity index (χ1n) is 16.3. The normalized spacial score (nSPS) is 25.3. The summed E-state index contributed by atoms with van der Waals surface area (Å²) >= 11 is 6.66. The van der Waals surface area contributed by atoms with Gasteiger partial charge in [-0.25, -0.2) is 9.38 Å². The molecule has 10 heteroatoms. The van der Waals surface area contributed by atoms with Gasteiger partial charge in [0.05, 0.1) is 30.1 Å². The number of fused-ring (bicyclic) bond motifs is 3. The Labute approximate surface area is 279 Å². The summed E-state index contributed by atoms with van der Waals surface area (Å²) in [7, 11) is 0. The van der Waals surface area contributed by atoms with Gasteiger partial charge >= 0.3 is 0 Å². The Morgan fingerprint density at radius 2 is 1.89 bits per heavy atom. The van der Waals surface area contributed by atoms with Gasteiger partial charge in [-0.15, -0.1) is 0 Å². The van der Waals surface area contributed by atoms with Gasteiger partial charge in [-0.1, -0.05) is 48.5 Å². The van der Waals surface area contributed by atoms with E-state index in [1.54, 1.807) is 17.0 Å². The summed E-state index contributed by atoms with van der Waals surface area (Å²) in [4.78, 5) is 23.9. The summed E-state index contributed by atoms with van der Waals surface area (Å²) in [6, 6.07) is 14.9. The lowest BCUT2D eigenvalue weighted by Gasteiger charge is -2.45. The smallest absolute Gasteiger partial charge is 0.246 e. The molecular formula is C37H36ClFN6O2. The van der Waals surface area contributed by atoms with Gasteiger partial charge in [0.2, 0.25) is 11.8 Å². The quantitative estimate of drug-likeness (QED) is 0.347. The van der Waals surface area contributed by atoms with E-state index in [4.69, 9.17) is 21.3 Å². The Morgan fingerprint density at radius 1 is 1.13 bits per heavy atom. The third-order valence-corrected chi connectivity index (χ3v) is 10.8. The standard InChI is InChI=1S/C37H36ClFN6O2/c1-2-33(46)45-18-17-43(22-25(45)11-14-40)35-28-19-31(39)27(26-9-3-7-24-8-4-10-30(38)34(24)26)20-32(28)42-36(29(35)21-41)47-23-37-12-5-15-44(37)16-6-13-37/h2-4,7-10,19-20,25,28,32H,1,5-6,11-13,15-18,22-23H2/t25-,28?,32?/m0/s1. The lowest BCUT2D eigenvalue weighted by Crippen LogP contribution is -2.56. The predicted octanol–water partition coefficient (Wildman–Crippen LogP) is 6.18. The molecule has 4 heterocycles. The molecule has 2 unspecified atom stereocenters. The van der Waals surface area contributed by atoms with Gasteiger partial charge in [0.1, 0.15) is 24.1 Å². The Bertz CT molecular complexity index is 1840. The number of allylic oxidation sites excluding steroid dienone is 2. The van der Waals surface area contributed by atoms with Crippen LogP contribution in [0.5, 0.6) is 0 Å². The van der Waals surface area contributed by atoms with Gasteiger partial charge in [-0.3, -0.25) is 9.69 Å². The molecule has 0 saturated carbocycles. The minimum atomic E-state index is -0.580. The van der Waals surface area contributed by atoms with Crippen molar-refractivity contribution in [1.82, 2.24) is 14.7 Å². The van der Waals surface area contributed by atoms with Crippen LogP contribution >= 0.6 is 11.6 Å². The largest absolute Gasteiger partial charge is 0.475 e. The van der Waals surface area contributed by atoms with Crippen LogP contribution in [0.15, 0.2) is 83.3 Å². The summed E-state index contributed by atoms with van der Waals surface area (Å²) in [5.41, 5.74) is 1.90. The van der Waals surface area contributed by atoms with E-state index in [-0.39, 0.29) is 29.3 Å². The number of carbonyl (C=O) groups excluding carboxylic acids is 1. The Balaban J connectivity index is 1.30. The van der Waals surface area contributed by atoms with Crippen LogP contribution in [0, 0.1) is 28.6 Å². The van der Waals surface area contributed by atoms with E-state index in [1.807, 2.05) is 41.3 Å². The first kappa shape index (κ1) is 31.2. The zero-order valence-corrected chi connectivity index (χ0v) is 26.9. The first-order chi connectivity index (χ1) is 22.9. The molecule has 0 N–H and O–H groups in total. The van der Waals surface area contributed by atoms with Crippen LogP contribution in [-0.2, 0) is 9.53 Å². The number of nitriles is 2. The average Bonchev–Trinajstić information content (AvgIpc) is 3.67. The van der Waals surface area contributed by atoms with Crippen LogP contribution in [0.3, 0.4) is 0 Å². The second-order valence-electron chi connectivity index (χ2n) is 13.0. The lowest BCUT2D eigenvalue weighted by molar-refractivity contribution is -0.130. The number of amides is 1. The van der Waals surface area contributed by atoms with Crippen molar-refractivity contribution in [1.29, 1.82) is 10.5 Å². The number of nitrogens with zero attached hydrogens (tertiary/aromatic N) is 6. The third-order valence-electron chi connectivity index (χ3n) is 10.5. The minimum absolute atomic E-state index is 0.0616. The molecule has 5 aliphatic rings. The van der Waals surface area contributed by atoms with Crippen LogP contribution in [-0.4, -0.2) is 83.5 Å². The first-order valence-corrected chi connectivity index (χ1v) is 16.7. The van der Waals surface area contributed by atoms with Crippen molar-refractivity contribution in [2.24, 2.45) is 10.9 Å². The van der Waals surface area contributed by atoms with Gasteiger partial charge in [0, 0.05) is 47.2 Å². The number of carbonyl (C=O) groups is 1. The molecule has 0 bridgehead atoms. The summed E-state index contributed by atoms with van der Waals surface area (Å²) in [6.07, 6.45) is 9.07. The predicted molar refractivity (Wildman–Crippen MR) is 180 cm³/mol. The second-order valence-corrected chi connectivity index (χ2v) is 13.4. The van der Waals surface area contributed by atoms with E-state index < -0.39 is 23.8 Å². The Kier molecular flexibility index (Phi) is 8.38. The number of benzene rings is 2. The summed E-state index contributed by atoms with van der Waals surface area (Å²) < 4.78 is 22.9. The van der Waals surface area contributed by atoms with Crippen molar-refractivity contribution in [3.8, 4) is 12.1 Å². The summed E-state index contributed by atoms with van der Waals surface area (Å²) in [5.74, 6) is -0.981. The molecule has 2 aromatic rings. The number of halogens is 2. The molecule has 0 radical (unpaired) electrons. The fourth-order valence-corrected chi connectivity index (χ4v) is 8.56. The second kappa shape index (κ2) is 12.6. The molecule has 2 aromatic carbocycles. The number of piperazine rings is 1. The molecule has 0 aromatic heterocycles. The van der Waals surface area contributed by atoms with Crippen molar-refractivity contribution >= 4 is 39.8 Å². The molecular weight excluding hydrogens is 615 g/mol. The van der Waals surface area contributed by atoms with Crippen LogP contribution in [0.1, 0.15) is 37.7 Å². The molecule has 4 aliphatic heterocycles. The van der Waals surface area contributed by atoms with Gasteiger partial charge in [0.15, 0.2) is 0 Å². The molecule has 1 aliphatic carbocycles. The van der Waals surface area contributed by atoms with Crippen LogP contribution in [0.25, 0.3) is 16.3 Å². The van der Waals surface area contributed by atoms with Gasteiger partial charge in [0.25, 0.3) is 0 Å². The summed E-state index contributed by atoms with van der Waals surface area (Å²) in [5, 5.41) is 22.5. The monoisotopic (exact) mass is 650 g/mol. The van der Waals surface area contributed by atoms with Gasteiger partial charge in [-0.05, 0) is 74.0 Å². The molecule has 1 amide bonds. The maximum Gasteiger partial charge on any atom is 0.246 e. The highest BCUT2D eigenvalue weighted by Crippen LogP contribution is 2.44. The molecule has 3 atom stereocenters. The fourth-order valence-electron chi connectivity index (χ4n) is 8.28. The molecule has 7 rings (SSSR count). The van der Waals surface area contributed by atoms with E-state index in [0.717, 1.165) is 49.5 Å². The van der Waals surface area contributed by atoms with E-state index in [2.05, 4.69) is 23.6 Å². The van der Waals surface area contributed by atoms with Gasteiger partial charge in [-0.2, -0.15) is 10.5 Å². The minimum Gasteiger partial charge on any atom is -0.475 e. The maximum absolute atomic E-state index is 16.4. The fraction of sp³-hybridized carbons (Fsp3) is 0.405. The molecule has 47 heavy (non-hydrogen) atoms. The van der Waals surface area contributed by atoms with Crippen molar-refractivity contribution in [2.75, 3.05) is 39.3 Å². The Hall–Kier alpha value is -4.44. The number of rotatable bonds is 6. The lowest BCUT2D eigenvalue weighted by atomic mass is 9.81. The number of ether oxygens (including phenoxy) is 1. The Morgan fingerprint density at radius 3 is 2.62 bits per heavy atom. The highest BCUT2D eigenvalue weighted by Gasteiger charge is 2.46. The molecule has 8 nitrogen and oxygen atoms in total. The molecule has 3 fully saturated rings. The average molecular weight is 651 g/mol. The van der Waals surface area contributed by atoms with Crippen molar-refractivity contribution in [2.45, 2.75) is 49.7 Å². The zero-order chi connectivity index (χ0) is 32.7. The number of dihydropyridines is 1. The SMILES string of the molecule is C=CC(=O)N1CCN(C2=C(C#N)C(OCC34CCCN3CCC4)=NC3C=C(c4cccc5cccc(Cl)c45)C(F)=CC23)C[C@@H]1CC#N. The maximum atomic E-state index is 16.4. The molecule has 0 spiro atoms. The summed E-state index contributed by atoms with van der Waals surface area (Å²) in [6.45, 7) is 7.21. The third kappa shape index (κ3) is 5.42.